The van der Waals surface area contributed by atoms with Crippen LogP contribution < -0.4 is 5.32 Å². The van der Waals surface area contributed by atoms with Crippen LogP contribution in [0.25, 0.3) is 0 Å². The quantitative estimate of drug-likeness (QED) is 0.814. The number of hydrogen-bond donors (Lipinski definition) is 1. The average molecular weight is 205 g/mol. The maximum Gasteiger partial charge on any atom is 0.0534 e. The maximum atomic E-state index is 5.28. The summed E-state index contributed by atoms with van der Waals surface area (Å²) >= 11 is 0. The molecule has 2 heteroatoms. The van der Waals surface area contributed by atoms with Crippen LogP contribution in [0.15, 0.2) is 30.3 Å². The lowest BCUT2D eigenvalue weighted by Crippen LogP contribution is -2.42. The van der Waals surface area contributed by atoms with E-state index in [-0.39, 0.29) is 0 Å². The van der Waals surface area contributed by atoms with E-state index in [2.05, 4.69) is 49.5 Å². The zero-order chi connectivity index (χ0) is 10.7. The second kappa shape index (κ2) is 4.77. The summed E-state index contributed by atoms with van der Waals surface area (Å²) in [5.74, 6) is 0.634. The highest BCUT2D eigenvalue weighted by atomic mass is 16.5. The van der Waals surface area contributed by atoms with Gasteiger partial charge in [0.2, 0.25) is 0 Å². The van der Waals surface area contributed by atoms with Crippen LogP contribution >= 0.6 is 0 Å². The Labute approximate surface area is 91.6 Å². The predicted octanol–water partition coefficient (Wildman–Crippen LogP) is 2.37. The summed E-state index contributed by atoms with van der Waals surface area (Å²) in [4.78, 5) is 0. The van der Waals surface area contributed by atoms with Crippen molar-refractivity contribution in [2.24, 2.45) is 5.92 Å². The Morgan fingerprint density at radius 3 is 2.33 bits per heavy atom. The van der Waals surface area contributed by atoms with Crippen LogP contribution in [0, 0.1) is 5.92 Å². The van der Waals surface area contributed by atoms with Gasteiger partial charge in [0.25, 0.3) is 0 Å². The van der Waals surface area contributed by atoms with Gasteiger partial charge in [-0.05, 0) is 5.56 Å². The summed E-state index contributed by atoms with van der Waals surface area (Å²) in [6.45, 7) is 6.16. The van der Waals surface area contributed by atoms with Gasteiger partial charge in [0.05, 0.1) is 13.2 Å². The molecular weight excluding hydrogens is 186 g/mol. The van der Waals surface area contributed by atoms with Crippen LogP contribution in [0.4, 0.5) is 0 Å². The fourth-order valence-corrected chi connectivity index (χ4v) is 1.97. The molecule has 0 amide bonds. The van der Waals surface area contributed by atoms with Crippen LogP contribution in [0.1, 0.15) is 25.5 Å². The van der Waals surface area contributed by atoms with Gasteiger partial charge in [0.15, 0.2) is 0 Å². The molecule has 1 unspecified atom stereocenters. The Kier molecular flexibility index (Phi) is 3.39. The third-order valence-corrected chi connectivity index (χ3v) is 2.81. The number of ether oxygens (including phenoxy) is 1. The number of nitrogens with one attached hydrogen (secondary N) is 1. The Morgan fingerprint density at radius 2 is 1.87 bits per heavy atom. The van der Waals surface area contributed by atoms with E-state index in [0.717, 1.165) is 13.2 Å². The molecule has 1 N–H and O–H groups in total. The second-order valence-electron chi connectivity index (χ2n) is 4.51. The fourth-order valence-electron chi connectivity index (χ4n) is 1.97. The highest BCUT2D eigenvalue weighted by Crippen LogP contribution is 2.28. The zero-order valence-electron chi connectivity index (χ0n) is 9.44. The Morgan fingerprint density at radius 1 is 1.20 bits per heavy atom. The van der Waals surface area contributed by atoms with Crippen molar-refractivity contribution in [2.45, 2.75) is 25.9 Å². The highest BCUT2D eigenvalue weighted by molar-refractivity contribution is 5.20. The van der Waals surface area contributed by atoms with Crippen molar-refractivity contribution in [3.05, 3.63) is 35.9 Å². The summed E-state index contributed by atoms with van der Waals surface area (Å²) in [7, 11) is 0. The summed E-state index contributed by atoms with van der Waals surface area (Å²) in [5, 5.41) is 3.62. The van der Waals surface area contributed by atoms with Crippen LogP contribution in [0.3, 0.4) is 0 Å². The second-order valence-corrected chi connectivity index (χ2v) is 4.51. The molecule has 2 rings (SSSR count). The first-order valence-electron chi connectivity index (χ1n) is 5.66. The van der Waals surface area contributed by atoms with Crippen LogP contribution in [0.5, 0.6) is 0 Å². The van der Waals surface area contributed by atoms with Gasteiger partial charge >= 0.3 is 0 Å². The van der Waals surface area contributed by atoms with E-state index in [1.165, 1.54) is 5.56 Å². The van der Waals surface area contributed by atoms with Gasteiger partial charge in [-0.2, -0.15) is 0 Å². The topological polar surface area (TPSA) is 21.3 Å². The molecule has 1 atom stereocenters. The summed E-state index contributed by atoms with van der Waals surface area (Å²) in [6, 6.07) is 11.6. The number of hydrogen-bond acceptors (Lipinski definition) is 2. The van der Waals surface area contributed by atoms with Crippen molar-refractivity contribution < 1.29 is 4.74 Å². The fraction of sp³-hybridized carbons (Fsp3) is 0.538. The Balaban J connectivity index is 2.10. The normalized spacial score (nSPS) is 18.9. The first-order chi connectivity index (χ1) is 7.27. The minimum atomic E-state index is 0.444. The summed E-state index contributed by atoms with van der Waals surface area (Å²) in [5.41, 5.74) is 1.37. The Bertz CT molecular complexity index is 293. The molecule has 0 spiro atoms. The molecule has 1 aromatic carbocycles. The summed E-state index contributed by atoms with van der Waals surface area (Å²) in [6.07, 6.45) is 0. The number of benzene rings is 1. The van der Waals surface area contributed by atoms with Gasteiger partial charge in [-0.25, -0.2) is 0 Å². The molecule has 1 fully saturated rings. The van der Waals surface area contributed by atoms with E-state index < -0.39 is 0 Å². The molecule has 1 heterocycles. The van der Waals surface area contributed by atoms with Gasteiger partial charge in [0, 0.05) is 18.0 Å². The van der Waals surface area contributed by atoms with Crippen molar-refractivity contribution in [2.75, 3.05) is 13.2 Å². The van der Waals surface area contributed by atoms with Gasteiger partial charge < -0.3 is 10.1 Å². The average Bonchev–Trinajstić information content (AvgIpc) is 2.15. The van der Waals surface area contributed by atoms with E-state index in [0.29, 0.717) is 18.0 Å². The van der Waals surface area contributed by atoms with E-state index in [9.17, 15) is 0 Å². The minimum Gasteiger partial charge on any atom is -0.381 e. The third-order valence-electron chi connectivity index (χ3n) is 2.81. The van der Waals surface area contributed by atoms with E-state index in [1.54, 1.807) is 0 Å². The highest BCUT2D eigenvalue weighted by Gasteiger charge is 2.29. The van der Waals surface area contributed by atoms with Crippen molar-refractivity contribution >= 4 is 0 Å². The largest absolute Gasteiger partial charge is 0.381 e. The molecule has 1 aromatic rings. The van der Waals surface area contributed by atoms with Crippen molar-refractivity contribution in [1.29, 1.82) is 0 Å². The van der Waals surface area contributed by atoms with Crippen LogP contribution in [0.2, 0.25) is 0 Å². The summed E-state index contributed by atoms with van der Waals surface area (Å²) < 4.78 is 5.28. The molecule has 1 saturated heterocycles. The minimum absolute atomic E-state index is 0.444. The molecule has 2 nitrogen and oxygen atoms in total. The molecule has 1 aliphatic rings. The monoisotopic (exact) mass is 205 g/mol. The van der Waals surface area contributed by atoms with Gasteiger partial charge in [0.1, 0.15) is 0 Å². The molecular formula is C13H19NO. The molecule has 0 radical (unpaired) electrons. The Hall–Kier alpha value is -0.860. The lowest BCUT2D eigenvalue weighted by molar-refractivity contribution is -0.0515. The molecule has 82 valence electrons. The van der Waals surface area contributed by atoms with Crippen LogP contribution in [-0.4, -0.2) is 19.3 Å². The van der Waals surface area contributed by atoms with Gasteiger partial charge in [-0.1, -0.05) is 44.2 Å². The van der Waals surface area contributed by atoms with E-state index in [1.807, 2.05) is 0 Å². The first-order valence-corrected chi connectivity index (χ1v) is 5.66. The van der Waals surface area contributed by atoms with Crippen molar-refractivity contribution in [1.82, 2.24) is 5.32 Å². The molecule has 1 aliphatic heterocycles. The standard InChI is InChI=1S/C13H19NO/c1-10(2)14-13(12-8-15-9-12)11-6-4-3-5-7-11/h3-7,10,12-14H,8-9H2,1-2H3. The van der Waals surface area contributed by atoms with Gasteiger partial charge in [-0.15, -0.1) is 0 Å². The van der Waals surface area contributed by atoms with Crippen molar-refractivity contribution in [3.8, 4) is 0 Å². The molecule has 0 aliphatic carbocycles. The van der Waals surface area contributed by atoms with E-state index >= 15 is 0 Å². The molecule has 0 aromatic heterocycles. The van der Waals surface area contributed by atoms with E-state index in [4.69, 9.17) is 4.74 Å². The smallest absolute Gasteiger partial charge is 0.0534 e. The first kappa shape index (κ1) is 10.7. The lowest BCUT2D eigenvalue weighted by Gasteiger charge is -2.35. The predicted molar refractivity (Wildman–Crippen MR) is 61.8 cm³/mol. The van der Waals surface area contributed by atoms with Crippen LogP contribution in [-0.2, 0) is 4.74 Å². The zero-order valence-corrected chi connectivity index (χ0v) is 9.44. The third kappa shape index (κ3) is 2.58. The maximum absolute atomic E-state index is 5.28. The SMILES string of the molecule is CC(C)NC(c1ccccc1)C1COC1. The number of rotatable bonds is 4. The molecule has 15 heavy (non-hydrogen) atoms. The molecule has 0 saturated carbocycles. The molecule has 0 bridgehead atoms. The lowest BCUT2D eigenvalue weighted by atomic mass is 9.91. The van der Waals surface area contributed by atoms with Gasteiger partial charge in [-0.3, -0.25) is 0 Å². The van der Waals surface area contributed by atoms with Crippen molar-refractivity contribution in [3.63, 3.8) is 0 Å².